The van der Waals surface area contributed by atoms with Gasteiger partial charge in [0, 0.05) is 18.4 Å². The Morgan fingerprint density at radius 2 is 1.69 bits per heavy atom. The van der Waals surface area contributed by atoms with Crippen molar-refractivity contribution in [3.05, 3.63) is 47.8 Å². The first-order chi connectivity index (χ1) is 12.5. The molecule has 0 aliphatic heterocycles. The molecule has 2 amide bonds. The second kappa shape index (κ2) is 8.82. The summed E-state index contributed by atoms with van der Waals surface area (Å²) in [7, 11) is 4.19. The Morgan fingerprint density at radius 3 is 2.35 bits per heavy atom. The average Bonchev–Trinajstić information content (AvgIpc) is 2.62. The largest absolute Gasteiger partial charge is 0.495 e. The maximum absolute atomic E-state index is 13.5. The van der Waals surface area contributed by atoms with Gasteiger partial charge in [-0.25, -0.2) is 4.39 Å². The van der Waals surface area contributed by atoms with Crippen molar-refractivity contribution >= 4 is 23.2 Å². The molecule has 0 aromatic heterocycles. The van der Waals surface area contributed by atoms with Crippen LogP contribution in [0.4, 0.5) is 15.8 Å². The van der Waals surface area contributed by atoms with Crippen molar-refractivity contribution in [2.24, 2.45) is 0 Å². The van der Waals surface area contributed by atoms with Gasteiger partial charge in [0.05, 0.1) is 19.9 Å². The van der Waals surface area contributed by atoms with Crippen LogP contribution >= 0.6 is 0 Å². The lowest BCUT2D eigenvalue weighted by Crippen LogP contribution is -2.18. The van der Waals surface area contributed by atoms with Gasteiger partial charge in [0.25, 0.3) is 5.91 Å². The van der Waals surface area contributed by atoms with E-state index in [1.54, 1.807) is 18.2 Å². The monoisotopic (exact) mass is 362 g/mol. The van der Waals surface area contributed by atoms with Gasteiger partial charge >= 0.3 is 0 Å². The van der Waals surface area contributed by atoms with Crippen LogP contribution in [0.15, 0.2) is 36.4 Å². The number of anilines is 2. The minimum absolute atomic E-state index is 0.0279. The van der Waals surface area contributed by atoms with Gasteiger partial charge in [0.2, 0.25) is 5.91 Å². The molecule has 8 heteroatoms. The zero-order valence-corrected chi connectivity index (χ0v) is 14.6. The van der Waals surface area contributed by atoms with Crippen molar-refractivity contribution in [3.63, 3.8) is 0 Å². The molecular weight excluding hydrogens is 343 g/mol. The number of carbonyl (C=O) groups excluding carboxylic acids is 2. The number of hydrogen-bond acceptors (Lipinski definition) is 5. The van der Waals surface area contributed by atoms with Crippen LogP contribution in [0.3, 0.4) is 0 Å². The lowest BCUT2D eigenvalue weighted by molar-refractivity contribution is -0.119. The zero-order valence-electron chi connectivity index (χ0n) is 14.6. The summed E-state index contributed by atoms with van der Waals surface area (Å²) in [6.45, 7) is -0.116. The topological polar surface area (TPSA) is 85.9 Å². The molecule has 0 bridgehead atoms. The summed E-state index contributed by atoms with van der Waals surface area (Å²) in [6.07, 6.45) is 0. The minimum Gasteiger partial charge on any atom is -0.495 e. The van der Waals surface area contributed by atoms with Crippen LogP contribution in [0.2, 0.25) is 0 Å². The Morgan fingerprint density at radius 1 is 0.962 bits per heavy atom. The number of nitrogens with one attached hydrogen (secondary N) is 2. The molecule has 2 aromatic rings. The third kappa shape index (κ3) is 4.70. The molecule has 0 spiro atoms. The number of halogens is 1. The van der Waals surface area contributed by atoms with Crippen LogP contribution in [0.5, 0.6) is 11.5 Å². The number of benzene rings is 2. The summed E-state index contributed by atoms with van der Waals surface area (Å²) in [4.78, 5) is 24.1. The maximum Gasteiger partial charge on any atom is 0.255 e. The Balaban J connectivity index is 2.20. The van der Waals surface area contributed by atoms with Gasteiger partial charge in [-0.3, -0.25) is 9.59 Å². The van der Waals surface area contributed by atoms with E-state index >= 15 is 0 Å². The highest BCUT2D eigenvalue weighted by atomic mass is 19.1. The summed E-state index contributed by atoms with van der Waals surface area (Å²) >= 11 is 0. The summed E-state index contributed by atoms with van der Waals surface area (Å²) in [5.41, 5.74) is 1.03. The molecule has 0 aliphatic rings. The molecular formula is C18H19FN2O5. The first-order valence-electron chi connectivity index (χ1n) is 7.60. The van der Waals surface area contributed by atoms with Crippen LogP contribution in [0.25, 0.3) is 0 Å². The third-order valence-corrected chi connectivity index (χ3v) is 3.42. The van der Waals surface area contributed by atoms with E-state index in [1.165, 1.54) is 33.5 Å². The first-order valence-corrected chi connectivity index (χ1v) is 7.60. The molecule has 2 aromatic carbocycles. The van der Waals surface area contributed by atoms with E-state index in [2.05, 4.69) is 10.6 Å². The smallest absolute Gasteiger partial charge is 0.255 e. The predicted octanol–water partition coefficient (Wildman–Crippen LogP) is 2.68. The molecule has 0 fully saturated rings. The summed E-state index contributed by atoms with van der Waals surface area (Å²) in [5.74, 6) is -0.979. The number of carbonyl (C=O) groups is 2. The van der Waals surface area contributed by atoms with E-state index in [0.717, 1.165) is 6.07 Å². The first kappa shape index (κ1) is 19.2. The number of ether oxygens (including phenoxy) is 3. The highest BCUT2D eigenvalue weighted by molar-refractivity contribution is 6.05. The maximum atomic E-state index is 13.5. The summed E-state index contributed by atoms with van der Waals surface area (Å²) < 4.78 is 28.3. The standard InChI is InChI=1S/C18H19FN2O5/c1-24-10-17(22)21-14-9-12(5-7-15(14)25-2)20-18(23)11-4-6-13(19)16(8-11)26-3/h4-9H,10H2,1-3H3,(H,20,23)(H,21,22). The van der Waals surface area contributed by atoms with Gasteiger partial charge in [0.15, 0.2) is 11.6 Å². The minimum atomic E-state index is -0.559. The lowest BCUT2D eigenvalue weighted by Gasteiger charge is -2.13. The second-order valence-electron chi connectivity index (χ2n) is 5.20. The van der Waals surface area contributed by atoms with E-state index < -0.39 is 11.7 Å². The molecule has 2 rings (SSSR count). The van der Waals surface area contributed by atoms with Crippen LogP contribution < -0.4 is 20.1 Å². The van der Waals surface area contributed by atoms with E-state index in [9.17, 15) is 14.0 Å². The Bertz CT molecular complexity index is 810. The van der Waals surface area contributed by atoms with Gasteiger partial charge in [-0.2, -0.15) is 0 Å². The van der Waals surface area contributed by atoms with Crippen molar-refractivity contribution < 1.29 is 28.2 Å². The highest BCUT2D eigenvalue weighted by Gasteiger charge is 2.13. The number of methoxy groups -OCH3 is 3. The van der Waals surface area contributed by atoms with Gasteiger partial charge in [0.1, 0.15) is 12.4 Å². The van der Waals surface area contributed by atoms with Crippen molar-refractivity contribution in [1.82, 2.24) is 0 Å². The van der Waals surface area contributed by atoms with E-state index in [0.29, 0.717) is 17.1 Å². The Kier molecular flexibility index (Phi) is 6.51. The van der Waals surface area contributed by atoms with Crippen molar-refractivity contribution in [2.45, 2.75) is 0 Å². The molecule has 2 N–H and O–H groups in total. The fourth-order valence-electron chi connectivity index (χ4n) is 2.21. The predicted molar refractivity (Wildman–Crippen MR) is 94.4 cm³/mol. The normalized spacial score (nSPS) is 10.2. The number of hydrogen-bond donors (Lipinski definition) is 2. The van der Waals surface area contributed by atoms with E-state index in [1.807, 2.05) is 0 Å². The van der Waals surface area contributed by atoms with Gasteiger partial charge < -0.3 is 24.8 Å². The van der Waals surface area contributed by atoms with Gasteiger partial charge in [-0.1, -0.05) is 0 Å². The quantitative estimate of drug-likeness (QED) is 0.791. The molecule has 0 unspecified atom stereocenters. The summed E-state index contributed by atoms with van der Waals surface area (Å²) in [5, 5.41) is 5.30. The SMILES string of the molecule is COCC(=O)Nc1cc(NC(=O)c2ccc(F)c(OC)c2)ccc1OC. The molecule has 0 heterocycles. The van der Waals surface area contributed by atoms with Crippen molar-refractivity contribution in [1.29, 1.82) is 0 Å². The molecule has 0 saturated heterocycles. The van der Waals surface area contributed by atoms with E-state index in [4.69, 9.17) is 14.2 Å². The van der Waals surface area contributed by atoms with Crippen molar-refractivity contribution in [3.8, 4) is 11.5 Å². The molecule has 0 saturated carbocycles. The van der Waals surface area contributed by atoms with Crippen LogP contribution in [0, 0.1) is 5.82 Å². The molecule has 0 aliphatic carbocycles. The zero-order chi connectivity index (χ0) is 19.1. The highest BCUT2D eigenvalue weighted by Crippen LogP contribution is 2.28. The van der Waals surface area contributed by atoms with Gasteiger partial charge in [-0.05, 0) is 36.4 Å². The molecule has 7 nitrogen and oxygen atoms in total. The Labute approximate surface area is 150 Å². The molecule has 26 heavy (non-hydrogen) atoms. The summed E-state index contributed by atoms with van der Waals surface area (Å²) in [6, 6.07) is 8.56. The molecule has 138 valence electrons. The van der Waals surface area contributed by atoms with Crippen LogP contribution in [-0.4, -0.2) is 39.8 Å². The Hall–Kier alpha value is -3.13. The fraction of sp³-hybridized carbons (Fsp3) is 0.222. The van der Waals surface area contributed by atoms with Crippen molar-refractivity contribution in [2.75, 3.05) is 38.6 Å². The number of amides is 2. The van der Waals surface area contributed by atoms with Crippen LogP contribution in [0.1, 0.15) is 10.4 Å². The van der Waals surface area contributed by atoms with Crippen LogP contribution in [-0.2, 0) is 9.53 Å². The van der Waals surface area contributed by atoms with Gasteiger partial charge in [-0.15, -0.1) is 0 Å². The molecule has 0 atom stereocenters. The lowest BCUT2D eigenvalue weighted by atomic mass is 10.2. The number of rotatable bonds is 7. The average molecular weight is 362 g/mol. The second-order valence-corrected chi connectivity index (χ2v) is 5.20. The fourth-order valence-corrected chi connectivity index (χ4v) is 2.21. The molecule has 0 radical (unpaired) electrons. The third-order valence-electron chi connectivity index (χ3n) is 3.42. The van der Waals surface area contributed by atoms with E-state index in [-0.39, 0.29) is 23.8 Å².